The number of rotatable bonds is 2. The standard InChI is InChI=1S/C13H24N2O/c1-9-5-4-6-10(2)15(9)13(16)11(3)12-7-14-8-12/h9-12,14H,4-8H2,1-3H3. The highest BCUT2D eigenvalue weighted by Gasteiger charge is 2.36. The molecule has 0 saturated carbocycles. The maximum absolute atomic E-state index is 12.5. The number of piperidine rings is 1. The fraction of sp³-hybridized carbons (Fsp3) is 0.923. The highest BCUT2D eigenvalue weighted by atomic mass is 16.2. The first-order chi connectivity index (χ1) is 7.61. The molecule has 3 heteroatoms. The Balaban J connectivity index is 2.00. The molecule has 1 amide bonds. The van der Waals surface area contributed by atoms with E-state index in [0.717, 1.165) is 13.1 Å². The molecule has 2 rings (SSSR count). The third-order valence-electron chi connectivity index (χ3n) is 4.36. The van der Waals surface area contributed by atoms with Gasteiger partial charge < -0.3 is 10.2 Å². The summed E-state index contributed by atoms with van der Waals surface area (Å²) in [6, 6.07) is 0.874. The van der Waals surface area contributed by atoms with E-state index in [1.165, 1.54) is 19.3 Å². The van der Waals surface area contributed by atoms with Crippen LogP contribution in [0.5, 0.6) is 0 Å². The van der Waals surface area contributed by atoms with Gasteiger partial charge in [-0.15, -0.1) is 0 Å². The van der Waals surface area contributed by atoms with E-state index in [0.29, 0.717) is 23.9 Å². The number of hydrogen-bond donors (Lipinski definition) is 1. The highest BCUT2D eigenvalue weighted by Crippen LogP contribution is 2.27. The van der Waals surface area contributed by atoms with Crippen molar-refractivity contribution in [3.8, 4) is 0 Å². The average molecular weight is 224 g/mol. The summed E-state index contributed by atoms with van der Waals surface area (Å²) >= 11 is 0. The molecular weight excluding hydrogens is 200 g/mol. The Bertz CT molecular complexity index is 253. The Morgan fingerprint density at radius 1 is 1.25 bits per heavy atom. The second kappa shape index (κ2) is 4.74. The average Bonchev–Trinajstić information content (AvgIpc) is 2.14. The van der Waals surface area contributed by atoms with Crippen LogP contribution in [0.25, 0.3) is 0 Å². The SMILES string of the molecule is CC(C(=O)N1C(C)CCCC1C)C1CNC1. The molecule has 0 aromatic heterocycles. The molecule has 1 N–H and O–H groups in total. The van der Waals surface area contributed by atoms with Gasteiger partial charge in [-0.2, -0.15) is 0 Å². The number of carbonyl (C=O) groups excluding carboxylic acids is 1. The molecule has 3 nitrogen and oxygen atoms in total. The summed E-state index contributed by atoms with van der Waals surface area (Å²) < 4.78 is 0. The lowest BCUT2D eigenvalue weighted by atomic mass is 9.86. The lowest BCUT2D eigenvalue weighted by Gasteiger charge is -2.43. The van der Waals surface area contributed by atoms with Crippen molar-refractivity contribution in [2.75, 3.05) is 13.1 Å². The largest absolute Gasteiger partial charge is 0.337 e. The van der Waals surface area contributed by atoms with Crippen LogP contribution in [-0.2, 0) is 4.79 Å². The lowest BCUT2D eigenvalue weighted by molar-refractivity contribution is -0.143. The molecule has 2 aliphatic rings. The number of amides is 1. The smallest absolute Gasteiger partial charge is 0.226 e. The topological polar surface area (TPSA) is 32.3 Å². The molecule has 2 heterocycles. The van der Waals surface area contributed by atoms with E-state index in [-0.39, 0.29) is 5.92 Å². The number of likely N-dealkylation sites (tertiary alicyclic amines) is 1. The van der Waals surface area contributed by atoms with Crippen molar-refractivity contribution < 1.29 is 4.79 Å². The summed E-state index contributed by atoms with van der Waals surface area (Å²) in [6.07, 6.45) is 3.61. The predicted molar refractivity (Wildman–Crippen MR) is 65.1 cm³/mol. The lowest BCUT2D eigenvalue weighted by Crippen LogP contribution is -2.55. The maximum atomic E-state index is 12.5. The molecule has 3 atom stereocenters. The van der Waals surface area contributed by atoms with E-state index < -0.39 is 0 Å². The third kappa shape index (κ3) is 2.10. The third-order valence-corrected chi connectivity index (χ3v) is 4.36. The van der Waals surface area contributed by atoms with E-state index >= 15 is 0 Å². The Labute approximate surface area is 98.6 Å². The molecule has 0 aromatic rings. The van der Waals surface area contributed by atoms with Gasteiger partial charge in [0.15, 0.2) is 0 Å². The van der Waals surface area contributed by atoms with Crippen LogP contribution in [0, 0.1) is 11.8 Å². The number of hydrogen-bond acceptors (Lipinski definition) is 2. The van der Waals surface area contributed by atoms with Gasteiger partial charge in [0.05, 0.1) is 0 Å². The zero-order valence-corrected chi connectivity index (χ0v) is 10.7. The molecule has 2 fully saturated rings. The molecule has 0 bridgehead atoms. The van der Waals surface area contributed by atoms with Gasteiger partial charge in [-0.3, -0.25) is 4.79 Å². The summed E-state index contributed by atoms with van der Waals surface area (Å²) in [5.74, 6) is 1.14. The summed E-state index contributed by atoms with van der Waals surface area (Å²) in [5.41, 5.74) is 0. The Hall–Kier alpha value is -0.570. The van der Waals surface area contributed by atoms with Crippen molar-refractivity contribution in [1.82, 2.24) is 10.2 Å². The summed E-state index contributed by atoms with van der Waals surface area (Å²) in [5, 5.41) is 3.25. The van der Waals surface area contributed by atoms with E-state index in [1.54, 1.807) is 0 Å². The van der Waals surface area contributed by atoms with Gasteiger partial charge in [0, 0.05) is 18.0 Å². The van der Waals surface area contributed by atoms with Crippen molar-refractivity contribution in [2.24, 2.45) is 11.8 Å². The van der Waals surface area contributed by atoms with Gasteiger partial charge in [0.25, 0.3) is 0 Å². The monoisotopic (exact) mass is 224 g/mol. The normalized spacial score (nSPS) is 33.3. The fourth-order valence-corrected chi connectivity index (χ4v) is 2.96. The van der Waals surface area contributed by atoms with Crippen LogP contribution in [-0.4, -0.2) is 36.0 Å². The number of nitrogens with one attached hydrogen (secondary N) is 1. The molecule has 0 spiro atoms. The van der Waals surface area contributed by atoms with Crippen molar-refractivity contribution >= 4 is 5.91 Å². The van der Waals surface area contributed by atoms with Crippen molar-refractivity contribution in [1.29, 1.82) is 0 Å². The minimum atomic E-state index is 0.198. The van der Waals surface area contributed by atoms with Crippen molar-refractivity contribution in [3.05, 3.63) is 0 Å². The molecule has 2 saturated heterocycles. The van der Waals surface area contributed by atoms with Crippen LogP contribution < -0.4 is 5.32 Å². The fourth-order valence-electron chi connectivity index (χ4n) is 2.96. The Morgan fingerprint density at radius 3 is 2.25 bits per heavy atom. The van der Waals surface area contributed by atoms with Gasteiger partial charge in [-0.05, 0) is 52.1 Å². The molecule has 0 aromatic carbocycles. The van der Waals surface area contributed by atoms with E-state index in [2.05, 4.69) is 31.0 Å². The van der Waals surface area contributed by atoms with Crippen LogP contribution in [0.15, 0.2) is 0 Å². The van der Waals surface area contributed by atoms with Gasteiger partial charge in [-0.1, -0.05) is 6.92 Å². The number of nitrogens with zero attached hydrogens (tertiary/aromatic N) is 1. The molecular formula is C13H24N2O. The summed E-state index contributed by atoms with van der Waals surface area (Å²) in [6.45, 7) is 8.52. The minimum Gasteiger partial charge on any atom is -0.337 e. The zero-order valence-electron chi connectivity index (χ0n) is 10.7. The van der Waals surface area contributed by atoms with Gasteiger partial charge in [0.1, 0.15) is 0 Å². The van der Waals surface area contributed by atoms with Crippen molar-refractivity contribution in [2.45, 2.75) is 52.1 Å². The van der Waals surface area contributed by atoms with Crippen LogP contribution in [0.3, 0.4) is 0 Å². The van der Waals surface area contributed by atoms with Crippen LogP contribution in [0.2, 0.25) is 0 Å². The maximum Gasteiger partial charge on any atom is 0.226 e. The van der Waals surface area contributed by atoms with Gasteiger partial charge >= 0.3 is 0 Å². The highest BCUT2D eigenvalue weighted by molar-refractivity contribution is 5.79. The molecule has 16 heavy (non-hydrogen) atoms. The zero-order chi connectivity index (χ0) is 11.7. The van der Waals surface area contributed by atoms with Crippen molar-refractivity contribution in [3.63, 3.8) is 0 Å². The molecule has 3 unspecified atom stereocenters. The van der Waals surface area contributed by atoms with Gasteiger partial charge in [0.2, 0.25) is 5.91 Å². The molecule has 0 aliphatic carbocycles. The summed E-state index contributed by atoms with van der Waals surface area (Å²) in [7, 11) is 0. The Kier molecular flexibility index (Phi) is 3.53. The molecule has 92 valence electrons. The first-order valence-electron chi connectivity index (χ1n) is 6.64. The first kappa shape index (κ1) is 11.9. The van der Waals surface area contributed by atoms with E-state index in [4.69, 9.17) is 0 Å². The van der Waals surface area contributed by atoms with Crippen LogP contribution in [0.1, 0.15) is 40.0 Å². The second-order valence-corrected chi connectivity index (χ2v) is 5.58. The predicted octanol–water partition coefficient (Wildman–Crippen LogP) is 1.63. The number of carbonyl (C=O) groups is 1. The van der Waals surface area contributed by atoms with Gasteiger partial charge in [-0.25, -0.2) is 0 Å². The van der Waals surface area contributed by atoms with E-state index in [1.807, 2.05) is 0 Å². The minimum absolute atomic E-state index is 0.198. The summed E-state index contributed by atoms with van der Waals surface area (Å²) in [4.78, 5) is 14.6. The first-order valence-corrected chi connectivity index (χ1v) is 6.64. The van der Waals surface area contributed by atoms with Crippen LogP contribution >= 0.6 is 0 Å². The molecule has 2 aliphatic heterocycles. The second-order valence-electron chi connectivity index (χ2n) is 5.58. The van der Waals surface area contributed by atoms with Crippen LogP contribution in [0.4, 0.5) is 0 Å². The Morgan fingerprint density at radius 2 is 1.81 bits per heavy atom. The quantitative estimate of drug-likeness (QED) is 0.773. The molecule has 0 radical (unpaired) electrons. The van der Waals surface area contributed by atoms with E-state index in [9.17, 15) is 4.79 Å².